The maximum atomic E-state index is 13.9. The Hall–Kier alpha value is -3.21. The van der Waals surface area contributed by atoms with Crippen LogP contribution in [0, 0.1) is 12.7 Å². The number of amides is 1. The van der Waals surface area contributed by atoms with Crippen LogP contribution in [0.1, 0.15) is 46.9 Å². The lowest BCUT2D eigenvalue weighted by Gasteiger charge is -2.35. The number of aromatic amines is 1. The number of nitrogens with one attached hydrogen (secondary N) is 2. The number of nitrogens with zero attached hydrogens (tertiary/aromatic N) is 3. The van der Waals surface area contributed by atoms with Gasteiger partial charge in [0.15, 0.2) is 5.65 Å². The minimum absolute atomic E-state index is 0.0170. The van der Waals surface area contributed by atoms with Gasteiger partial charge < -0.3 is 4.90 Å². The van der Waals surface area contributed by atoms with Crippen molar-refractivity contribution in [1.29, 1.82) is 0 Å². The molecule has 1 saturated heterocycles. The highest BCUT2D eigenvalue weighted by Crippen LogP contribution is 2.33. The molecule has 4 rings (SSSR count). The molecule has 0 radical (unpaired) electrons. The minimum atomic E-state index is -3.66. The molecule has 0 saturated carbocycles. The molecule has 1 amide bonds. The first-order valence-corrected chi connectivity index (χ1v) is 11.7. The molecule has 2 aromatic heterocycles. The lowest BCUT2D eigenvalue weighted by atomic mass is 9.98. The van der Waals surface area contributed by atoms with Crippen molar-refractivity contribution in [3.8, 4) is 0 Å². The summed E-state index contributed by atoms with van der Waals surface area (Å²) in [6.07, 6.45) is 4.71. The van der Waals surface area contributed by atoms with Crippen molar-refractivity contribution in [1.82, 2.24) is 19.5 Å². The van der Waals surface area contributed by atoms with Crippen LogP contribution >= 0.6 is 0 Å². The van der Waals surface area contributed by atoms with Gasteiger partial charge in [-0.15, -0.1) is 0 Å². The second-order valence-electron chi connectivity index (χ2n) is 7.73. The predicted octanol–water partition coefficient (Wildman–Crippen LogP) is 2.21. The second kappa shape index (κ2) is 7.80. The fraction of sp³-hybridized carbons (Fsp3) is 0.350. The van der Waals surface area contributed by atoms with Crippen molar-refractivity contribution >= 4 is 27.3 Å². The molecule has 2 N–H and O–H groups in total. The monoisotopic (exact) mass is 447 g/mol. The summed E-state index contributed by atoms with van der Waals surface area (Å²) in [7, 11) is -3.66. The Labute approximate surface area is 177 Å². The molecule has 0 unspecified atom stereocenters. The van der Waals surface area contributed by atoms with Gasteiger partial charge in [0.05, 0.1) is 29.2 Å². The molecule has 164 valence electrons. The summed E-state index contributed by atoms with van der Waals surface area (Å²) in [4.78, 5) is 31.6. The number of sulfonamides is 1. The van der Waals surface area contributed by atoms with Crippen molar-refractivity contribution in [2.75, 3.05) is 17.5 Å². The smallest absolute Gasteiger partial charge is 0.275 e. The molecule has 0 aliphatic carbocycles. The van der Waals surface area contributed by atoms with E-state index in [1.165, 1.54) is 16.8 Å². The third-order valence-corrected chi connectivity index (χ3v) is 5.91. The number of carbonyl (C=O) groups is 1. The van der Waals surface area contributed by atoms with Gasteiger partial charge in [0.1, 0.15) is 5.82 Å². The summed E-state index contributed by atoms with van der Waals surface area (Å²) in [6, 6.07) is 4.69. The van der Waals surface area contributed by atoms with Gasteiger partial charge >= 0.3 is 0 Å². The highest BCUT2D eigenvalue weighted by Gasteiger charge is 2.32. The Balaban J connectivity index is 1.75. The van der Waals surface area contributed by atoms with Crippen molar-refractivity contribution < 1.29 is 17.6 Å². The second-order valence-corrected chi connectivity index (χ2v) is 9.47. The van der Waals surface area contributed by atoms with Crippen LogP contribution in [0.2, 0.25) is 0 Å². The largest absolute Gasteiger partial charge is 0.330 e. The first-order chi connectivity index (χ1) is 14.6. The normalized spacial score (nSPS) is 17.1. The van der Waals surface area contributed by atoms with Gasteiger partial charge in [0.25, 0.3) is 11.5 Å². The van der Waals surface area contributed by atoms with Crippen LogP contribution < -0.4 is 10.3 Å². The Morgan fingerprint density at radius 3 is 2.81 bits per heavy atom. The number of piperidine rings is 1. The Morgan fingerprint density at radius 1 is 1.29 bits per heavy atom. The summed E-state index contributed by atoms with van der Waals surface area (Å²) in [6.45, 7) is 2.08. The van der Waals surface area contributed by atoms with Crippen molar-refractivity contribution in [3.63, 3.8) is 0 Å². The summed E-state index contributed by atoms with van der Waals surface area (Å²) in [5.41, 5.74) is 1.28. The van der Waals surface area contributed by atoms with Crippen molar-refractivity contribution in [2.24, 2.45) is 0 Å². The molecule has 1 aliphatic rings. The van der Waals surface area contributed by atoms with E-state index in [2.05, 4.69) is 14.8 Å². The number of anilines is 1. The van der Waals surface area contributed by atoms with E-state index in [1.54, 1.807) is 17.9 Å². The molecule has 3 aromatic rings. The number of halogens is 1. The van der Waals surface area contributed by atoms with Gasteiger partial charge in [-0.05, 0) is 44.4 Å². The Bertz CT molecular complexity index is 1330. The van der Waals surface area contributed by atoms with Crippen LogP contribution in [-0.4, -0.2) is 46.6 Å². The number of H-pyrrole nitrogens is 1. The molecular formula is C20H22FN5O4S. The average molecular weight is 447 g/mol. The summed E-state index contributed by atoms with van der Waals surface area (Å²) < 4.78 is 41.0. The van der Waals surface area contributed by atoms with E-state index in [-0.39, 0.29) is 16.8 Å². The number of fused-ring (bicyclic) bond motifs is 1. The zero-order valence-corrected chi connectivity index (χ0v) is 17.9. The van der Waals surface area contributed by atoms with Gasteiger partial charge in [0, 0.05) is 24.4 Å². The first-order valence-electron chi connectivity index (χ1n) is 9.79. The topological polar surface area (TPSA) is 117 Å². The van der Waals surface area contributed by atoms with Crippen LogP contribution in [0.3, 0.4) is 0 Å². The van der Waals surface area contributed by atoms with Gasteiger partial charge in [-0.25, -0.2) is 22.3 Å². The van der Waals surface area contributed by atoms with Gasteiger partial charge in [0.2, 0.25) is 10.0 Å². The van der Waals surface area contributed by atoms with E-state index in [9.17, 15) is 22.4 Å². The number of aryl methyl sites for hydroxylation is 1. The van der Waals surface area contributed by atoms with Crippen LogP contribution in [0.25, 0.3) is 5.65 Å². The van der Waals surface area contributed by atoms with Gasteiger partial charge in [-0.1, -0.05) is 0 Å². The van der Waals surface area contributed by atoms with Crippen LogP contribution in [0.4, 0.5) is 10.1 Å². The number of rotatable bonds is 4. The van der Waals surface area contributed by atoms with E-state index in [1.807, 2.05) is 0 Å². The van der Waals surface area contributed by atoms with Crippen molar-refractivity contribution in [2.45, 2.75) is 32.2 Å². The van der Waals surface area contributed by atoms with Gasteiger partial charge in [-0.3, -0.25) is 19.4 Å². The molecular weight excluding hydrogens is 425 g/mol. The molecule has 1 aliphatic heterocycles. The third kappa shape index (κ3) is 4.18. The number of hydrogen-bond acceptors (Lipinski definition) is 5. The zero-order chi connectivity index (χ0) is 22.3. The lowest BCUT2D eigenvalue weighted by molar-refractivity contribution is 0.0606. The Morgan fingerprint density at radius 2 is 2.06 bits per heavy atom. The number of benzene rings is 1. The highest BCUT2D eigenvalue weighted by molar-refractivity contribution is 7.92. The lowest BCUT2D eigenvalue weighted by Crippen LogP contribution is -2.39. The molecule has 11 heteroatoms. The first kappa shape index (κ1) is 21.0. The molecule has 3 heterocycles. The fourth-order valence-electron chi connectivity index (χ4n) is 3.87. The summed E-state index contributed by atoms with van der Waals surface area (Å²) in [5.74, 6) is -1.14. The molecule has 0 spiro atoms. The van der Waals surface area contributed by atoms with E-state index >= 15 is 0 Å². The maximum Gasteiger partial charge on any atom is 0.275 e. The van der Waals surface area contributed by atoms with E-state index in [0.29, 0.717) is 29.9 Å². The van der Waals surface area contributed by atoms with E-state index < -0.39 is 27.8 Å². The van der Waals surface area contributed by atoms with Gasteiger partial charge in [-0.2, -0.15) is 0 Å². The number of likely N-dealkylation sites (tertiary alicyclic amines) is 1. The summed E-state index contributed by atoms with van der Waals surface area (Å²) >= 11 is 0. The predicted molar refractivity (Wildman–Crippen MR) is 113 cm³/mol. The zero-order valence-electron chi connectivity index (χ0n) is 17.1. The van der Waals surface area contributed by atoms with Crippen LogP contribution in [0.5, 0.6) is 0 Å². The van der Waals surface area contributed by atoms with Crippen molar-refractivity contribution in [3.05, 3.63) is 63.5 Å². The standard InChI is InChI=1S/C20H22FN5O4S/c1-12-11-22-18-10-16(23-26(18)19(12)27)17-5-3-4-8-25(17)20(28)14-9-13(21)6-7-15(14)24-31(2,29)30/h6-7,9-11,17,23-24H,3-5,8H2,1-2H3/t17-/m0/s1. The molecule has 1 atom stereocenters. The molecule has 1 fully saturated rings. The average Bonchev–Trinajstić information content (AvgIpc) is 3.15. The molecule has 9 nitrogen and oxygen atoms in total. The Kier molecular flexibility index (Phi) is 5.29. The fourth-order valence-corrected chi connectivity index (χ4v) is 4.45. The molecule has 1 aromatic carbocycles. The maximum absolute atomic E-state index is 13.9. The molecule has 31 heavy (non-hydrogen) atoms. The summed E-state index contributed by atoms with van der Waals surface area (Å²) in [5, 5.41) is 3.04. The highest BCUT2D eigenvalue weighted by atomic mass is 32.2. The van der Waals surface area contributed by atoms with E-state index in [0.717, 1.165) is 31.2 Å². The third-order valence-electron chi connectivity index (χ3n) is 5.32. The minimum Gasteiger partial charge on any atom is -0.330 e. The number of carbonyl (C=O) groups excluding carboxylic acids is 1. The number of aromatic nitrogens is 3. The van der Waals surface area contributed by atoms with E-state index in [4.69, 9.17) is 0 Å². The molecule has 0 bridgehead atoms. The van der Waals surface area contributed by atoms with Crippen LogP contribution in [0.15, 0.2) is 35.3 Å². The SMILES string of the molecule is Cc1cnc2cc([C@@H]3CCCCN3C(=O)c3cc(F)ccc3NS(C)(=O)=O)[nH]n2c1=O. The van der Waals surface area contributed by atoms with Crippen LogP contribution in [-0.2, 0) is 10.0 Å². The quantitative estimate of drug-likeness (QED) is 0.636. The number of hydrogen-bond donors (Lipinski definition) is 2.